The van der Waals surface area contributed by atoms with Crippen LogP contribution in [-0.4, -0.2) is 47.4 Å². The van der Waals surface area contributed by atoms with Gasteiger partial charge in [-0.2, -0.15) is 0 Å². The summed E-state index contributed by atoms with van der Waals surface area (Å²) in [6.07, 6.45) is 1.98. The van der Waals surface area contributed by atoms with E-state index < -0.39 is 10.0 Å². The van der Waals surface area contributed by atoms with E-state index in [4.69, 9.17) is 9.47 Å². The fraction of sp³-hybridized carbons (Fsp3) is 0.533. The van der Waals surface area contributed by atoms with Gasteiger partial charge in [-0.1, -0.05) is 12.1 Å². The minimum absolute atomic E-state index is 0.103. The molecule has 0 fully saturated rings. The molecule has 0 unspecified atom stereocenters. The van der Waals surface area contributed by atoms with E-state index in [2.05, 4.69) is 10.0 Å². The number of nitrogens with one attached hydrogen (secondary N) is 2. The first-order valence-corrected chi connectivity index (χ1v) is 9.28. The van der Waals surface area contributed by atoms with Crippen LogP contribution < -0.4 is 19.5 Å². The van der Waals surface area contributed by atoms with Crippen LogP contribution in [0.5, 0.6) is 11.5 Å². The molecule has 0 spiro atoms. The SMILES string of the molecule is COc1cccc2c1OC[C@@H](CNC(=O)CCNS(C)(=O)=O)C2. The molecule has 1 aliphatic heterocycles. The zero-order valence-corrected chi connectivity index (χ0v) is 14.1. The molecule has 0 aliphatic carbocycles. The highest BCUT2D eigenvalue weighted by molar-refractivity contribution is 7.88. The molecule has 2 N–H and O–H groups in total. The molecule has 0 aromatic heterocycles. The zero-order valence-electron chi connectivity index (χ0n) is 13.3. The normalized spacial score (nSPS) is 17.0. The molecular formula is C15H22N2O5S. The molecule has 1 aliphatic rings. The van der Waals surface area contributed by atoms with Crippen LogP contribution in [0.4, 0.5) is 0 Å². The Morgan fingerprint density at radius 3 is 2.91 bits per heavy atom. The summed E-state index contributed by atoms with van der Waals surface area (Å²) in [5.74, 6) is 1.49. The van der Waals surface area contributed by atoms with Crippen LogP contribution in [0.15, 0.2) is 18.2 Å². The van der Waals surface area contributed by atoms with Gasteiger partial charge in [-0.25, -0.2) is 13.1 Å². The Hall–Kier alpha value is -1.80. The van der Waals surface area contributed by atoms with Gasteiger partial charge in [0, 0.05) is 25.4 Å². The Bertz CT molecular complexity index is 660. The van der Waals surface area contributed by atoms with Crippen molar-refractivity contribution < 1.29 is 22.7 Å². The van der Waals surface area contributed by atoms with E-state index in [-0.39, 0.29) is 24.8 Å². The number of methoxy groups -OCH3 is 1. The number of ether oxygens (including phenoxy) is 2. The van der Waals surface area contributed by atoms with Crippen molar-refractivity contribution >= 4 is 15.9 Å². The standard InChI is InChI=1S/C15H22N2O5S/c1-21-13-5-3-4-12-8-11(10-22-15(12)13)9-16-14(18)6-7-17-23(2,19)20/h3-5,11,17H,6-10H2,1-2H3,(H,16,18)/t11-/m1/s1. The molecule has 23 heavy (non-hydrogen) atoms. The number of carbonyl (C=O) groups excluding carboxylic acids is 1. The lowest BCUT2D eigenvalue weighted by Gasteiger charge is -2.26. The Balaban J connectivity index is 1.78. The number of benzene rings is 1. The molecule has 0 bridgehead atoms. The Morgan fingerprint density at radius 2 is 2.22 bits per heavy atom. The summed E-state index contributed by atoms with van der Waals surface area (Å²) in [5, 5.41) is 2.81. The largest absolute Gasteiger partial charge is 0.493 e. The van der Waals surface area contributed by atoms with Crippen molar-refractivity contribution in [2.45, 2.75) is 12.8 Å². The summed E-state index contributed by atoms with van der Waals surface area (Å²) in [6, 6.07) is 5.76. The van der Waals surface area contributed by atoms with Crippen molar-refractivity contribution in [1.29, 1.82) is 0 Å². The lowest BCUT2D eigenvalue weighted by atomic mass is 9.96. The Morgan fingerprint density at radius 1 is 1.43 bits per heavy atom. The summed E-state index contributed by atoms with van der Waals surface area (Å²) >= 11 is 0. The minimum atomic E-state index is -3.26. The molecule has 2 rings (SSSR count). The van der Waals surface area contributed by atoms with Gasteiger partial charge < -0.3 is 14.8 Å². The summed E-state index contributed by atoms with van der Waals surface area (Å²) < 4.78 is 35.1. The number of carbonyl (C=O) groups is 1. The average molecular weight is 342 g/mol. The molecular weight excluding hydrogens is 320 g/mol. The molecule has 1 atom stereocenters. The second kappa shape index (κ2) is 7.65. The first-order valence-electron chi connectivity index (χ1n) is 7.39. The number of sulfonamides is 1. The Kier molecular flexibility index (Phi) is 5.84. The van der Waals surface area contributed by atoms with Crippen molar-refractivity contribution in [3.8, 4) is 11.5 Å². The molecule has 0 radical (unpaired) electrons. The smallest absolute Gasteiger partial charge is 0.221 e. The van der Waals surface area contributed by atoms with Gasteiger partial charge in [0.1, 0.15) is 0 Å². The van der Waals surface area contributed by atoms with Crippen LogP contribution in [0.3, 0.4) is 0 Å². The van der Waals surface area contributed by atoms with Crippen molar-refractivity contribution in [3.63, 3.8) is 0 Å². The highest BCUT2D eigenvalue weighted by atomic mass is 32.2. The van der Waals surface area contributed by atoms with Crippen molar-refractivity contribution in [3.05, 3.63) is 23.8 Å². The van der Waals surface area contributed by atoms with Gasteiger partial charge in [-0.3, -0.25) is 4.79 Å². The van der Waals surface area contributed by atoms with Crippen LogP contribution in [0, 0.1) is 5.92 Å². The maximum Gasteiger partial charge on any atom is 0.221 e. The van der Waals surface area contributed by atoms with E-state index in [0.717, 1.165) is 29.7 Å². The summed E-state index contributed by atoms with van der Waals surface area (Å²) in [5.41, 5.74) is 1.06. The third-order valence-electron chi connectivity index (χ3n) is 3.56. The van der Waals surface area contributed by atoms with E-state index in [0.29, 0.717) is 13.2 Å². The van der Waals surface area contributed by atoms with Gasteiger partial charge >= 0.3 is 0 Å². The number of amides is 1. The average Bonchev–Trinajstić information content (AvgIpc) is 2.50. The van der Waals surface area contributed by atoms with Crippen LogP contribution >= 0.6 is 0 Å². The quantitative estimate of drug-likeness (QED) is 0.743. The van der Waals surface area contributed by atoms with Crippen LogP contribution in [-0.2, 0) is 21.2 Å². The van der Waals surface area contributed by atoms with E-state index in [1.807, 2.05) is 18.2 Å². The van der Waals surface area contributed by atoms with E-state index in [1.165, 1.54) is 0 Å². The molecule has 8 heteroatoms. The van der Waals surface area contributed by atoms with Crippen LogP contribution in [0.2, 0.25) is 0 Å². The van der Waals surface area contributed by atoms with E-state index in [9.17, 15) is 13.2 Å². The topological polar surface area (TPSA) is 93.7 Å². The molecule has 0 saturated heterocycles. The third kappa shape index (κ3) is 5.40. The van der Waals surface area contributed by atoms with Gasteiger partial charge in [0.25, 0.3) is 0 Å². The lowest BCUT2D eigenvalue weighted by molar-refractivity contribution is -0.121. The zero-order chi connectivity index (χ0) is 16.9. The molecule has 7 nitrogen and oxygen atoms in total. The van der Waals surface area contributed by atoms with Gasteiger partial charge in [0.05, 0.1) is 20.0 Å². The highest BCUT2D eigenvalue weighted by Crippen LogP contribution is 2.35. The van der Waals surface area contributed by atoms with Crippen molar-refractivity contribution in [2.24, 2.45) is 5.92 Å². The van der Waals surface area contributed by atoms with Gasteiger partial charge in [0.15, 0.2) is 11.5 Å². The number of para-hydroxylation sites is 1. The number of hydrogen-bond acceptors (Lipinski definition) is 5. The van der Waals surface area contributed by atoms with E-state index >= 15 is 0 Å². The molecule has 128 valence electrons. The van der Waals surface area contributed by atoms with Crippen LogP contribution in [0.25, 0.3) is 0 Å². The molecule has 1 aromatic carbocycles. The fourth-order valence-corrected chi connectivity index (χ4v) is 2.92. The fourth-order valence-electron chi connectivity index (χ4n) is 2.45. The monoisotopic (exact) mass is 342 g/mol. The first kappa shape index (κ1) is 17.6. The molecule has 1 amide bonds. The van der Waals surface area contributed by atoms with E-state index in [1.54, 1.807) is 7.11 Å². The van der Waals surface area contributed by atoms with Crippen molar-refractivity contribution in [2.75, 3.05) is 33.1 Å². The minimum Gasteiger partial charge on any atom is -0.493 e. The summed E-state index contributed by atoms with van der Waals surface area (Å²) in [6.45, 7) is 1.11. The second-order valence-electron chi connectivity index (χ2n) is 5.55. The lowest BCUT2D eigenvalue weighted by Crippen LogP contribution is -2.36. The number of fused-ring (bicyclic) bond motifs is 1. The Labute approximate surface area is 136 Å². The maximum atomic E-state index is 11.7. The van der Waals surface area contributed by atoms with Crippen molar-refractivity contribution in [1.82, 2.24) is 10.0 Å². The third-order valence-corrected chi connectivity index (χ3v) is 4.29. The van der Waals surface area contributed by atoms with Gasteiger partial charge in [-0.05, 0) is 18.1 Å². The predicted molar refractivity (Wildman–Crippen MR) is 86.2 cm³/mol. The van der Waals surface area contributed by atoms with Gasteiger partial charge in [0.2, 0.25) is 15.9 Å². The van der Waals surface area contributed by atoms with Crippen LogP contribution in [0.1, 0.15) is 12.0 Å². The number of rotatable bonds is 7. The first-order chi connectivity index (χ1) is 10.9. The molecule has 0 saturated carbocycles. The molecule has 1 aromatic rings. The summed E-state index contributed by atoms with van der Waals surface area (Å²) in [7, 11) is -1.65. The predicted octanol–water partition coefficient (Wildman–Crippen LogP) is 0.302. The second-order valence-corrected chi connectivity index (χ2v) is 7.38. The van der Waals surface area contributed by atoms with Gasteiger partial charge in [-0.15, -0.1) is 0 Å². The highest BCUT2D eigenvalue weighted by Gasteiger charge is 2.22. The summed E-state index contributed by atoms with van der Waals surface area (Å²) in [4.78, 5) is 11.7. The molecule has 1 heterocycles. The maximum absolute atomic E-state index is 11.7. The number of hydrogen-bond donors (Lipinski definition) is 2.